The van der Waals surface area contributed by atoms with E-state index >= 15 is 0 Å². The molecular formula is C17H23N3O2S. The molecule has 23 heavy (non-hydrogen) atoms. The zero-order valence-electron chi connectivity index (χ0n) is 13.7. The molecule has 0 bridgehead atoms. The molecule has 1 aromatic carbocycles. The molecule has 6 heteroatoms. The van der Waals surface area contributed by atoms with E-state index in [1.54, 1.807) is 11.8 Å². The van der Waals surface area contributed by atoms with Crippen molar-refractivity contribution in [2.75, 3.05) is 26.0 Å². The molecule has 0 aliphatic carbocycles. The van der Waals surface area contributed by atoms with E-state index < -0.39 is 0 Å². The van der Waals surface area contributed by atoms with Gasteiger partial charge >= 0.3 is 0 Å². The van der Waals surface area contributed by atoms with Crippen molar-refractivity contribution in [3.8, 4) is 0 Å². The van der Waals surface area contributed by atoms with Gasteiger partial charge in [0.15, 0.2) is 0 Å². The van der Waals surface area contributed by atoms with Gasteiger partial charge in [-0.3, -0.25) is 4.79 Å². The highest BCUT2D eigenvalue weighted by Crippen LogP contribution is 2.19. The number of benzene rings is 1. The lowest BCUT2D eigenvalue weighted by Gasteiger charge is -2.32. The third-order valence-electron chi connectivity index (χ3n) is 4.25. The van der Waals surface area contributed by atoms with Crippen molar-refractivity contribution in [2.24, 2.45) is 0 Å². The van der Waals surface area contributed by atoms with Crippen molar-refractivity contribution in [2.45, 2.75) is 31.7 Å². The summed E-state index contributed by atoms with van der Waals surface area (Å²) in [6, 6.07) is 8.02. The molecule has 1 amide bonds. The lowest BCUT2D eigenvalue weighted by molar-refractivity contribution is -0.139. The van der Waals surface area contributed by atoms with Crippen LogP contribution < -0.4 is 0 Å². The topological polar surface area (TPSA) is 47.4 Å². The molecule has 0 N–H and O–H groups in total. The van der Waals surface area contributed by atoms with Crippen molar-refractivity contribution in [3.63, 3.8) is 0 Å². The maximum absolute atomic E-state index is 12.7. The van der Waals surface area contributed by atoms with Gasteiger partial charge in [0.25, 0.3) is 0 Å². The molecule has 2 aromatic rings. The number of hydrogen-bond donors (Lipinski definition) is 0. The van der Waals surface area contributed by atoms with Crippen LogP contribution in [-0.4, -0.2) is 52.4 Å². The summed E-state index contributed by atoms with van der Waals surface area (Å²) in [6.45, 7) is 4.46. The summed E-state index contributed by atoms with van der Waals surface area (Å²) in [4.78, 5) is 19.3. The molecule has 1 aliphatic rings. The maximum atomic E-state index is 12.7. The number of morpholine rings is 1. The highest BCUT2D eigenvalue weighted by atomic mass is 32.2. The molecular weight excluding hydrogens is 310 g/mol. The molecule has 0 spiro atoms. The second kappa shape index (κ2) is 7.36. The summed E-state index contributed by atoms with van der Waals surface area (Å²) in [5.74, 6) is 1.92. The first-order valence-corrected chi connectivity index (χ1v) is 9.44. The summed E-state index contributed by atoms with van der Waals surface area (Å²) >= 11 is 1.72. The van der Waals surface area contributed by atoms with Crippen LogP contribution in [0.15, 0.2) is 24.3 Å². The Morgan fingerprint density at radius 1 is 1.43 bits per heavy atom. The average Bonchev–Trinajstić information content (AvgIpc) is 2.93. The van der Waals surface area contributed by atoms with Crippen LogP contribution in [0.4, 0.5) is 0 Å². The van der Waals surface area contributed by atoms with E-state index in [2.05, 4.69) is 22.7 Å². The zero-order chi connectivity index (χ0) is 16.2. The Hall–Kier alpha value is -1.53. The molecule has 3 rings (SSSR count). The van der Waals surface area contributed by atoms with E-state index in [0.29, 0.717) is 26.2 Å². The van der Waals surface area contributed by atoms with E-state index in [-0.39, 0.29) is 12.0 Å². The Bertz CT molecular complexity index is 686. The van der Waals surface area contributed by atoms with Gasteiger partial charge in [-0.1, -0.05) is 19.1 Å². The Labute approximate surface area is 141 Å². The first kappa shape index (κ1) is 16.3. The SMILES string of the molecule is CC[C@@H]1CN(C(=O)Cn2c(CSC)nc3ccccc32)CCO1. The minimum Gasteiger partial charge on any atom is -0.375 e. The van der Waals surface area contributed by atoms with Crippen LogP contribution in [0.3, 0.4) is 0 Å². The molecule has 1 atom stereocenters. The molecule has 5 nitrogen and oxygen atoms in total. The first-order chi connectivity index (χ1) is 11.2. The van der Waals surface area contributed by atoms with Crippen LogP contribution in [0, 0.1) is 0 Å². The van der Waals surface area contributed by atoms with Gasteiger partial charge in [-0.05, 0) is 24.8 Å². The van der Waals surface area contributed by atoms with Crippen LogP contribution in [0.5, 0.6) is 0 Å². The Morgan fingerprint density at radius 3 is 3.04 bits per heavy atom. The van der Waals surface area contributed by atoms with Gasteiger partial charge in [0.2, 0.25) is 5.91 Å². The largest absolute Gasteiger partial charge is 0.375 e. The number of ether oxygens (including phenoxy) is 1. The van der Waals surface area contributed by atoms with Crippen LogP contribution in [0.1, 0.15) is 19.2 Å². The number of thioether (sulfide) groups is 1. The predicted octanol–water partition coefficient (Wildman–Crippen LogP) is 2.54. The number of nitrogens with zero attached hydrogens (tertiary/aromatic N) is 3. The molecule has 0 unspecified atom stereocenters. The molecule has 0 radical (unpaired) electrons. The van der Waals surface area contributed by atoms with E-state index in [9.17, 15) is 4.79 Å². The second-order valence-electron chi connectivity index (χ2n) is 5.78. The number of fused-ring (bicyclic) bond motifs is 1. The molecule has 124 valence electrons. The molecule has 1 fully saturated rings. The van der Waals surface area contributed by atoms with Gasteiger partial charge in [0.05, 0.1) is 29.5 Å². The standard InChI is InChI=1S/C17H23N3O2S/c1-3-13-10-19(8-9-22-13)17(21)11-20-15-7-5-4-6-14(15)18-16(20)12-23-2/h4-7,13H,3,8-12H2,1-2H3/t13-/m1/s1. The summed E-state index contributed by atoms with van der Waals surface area (Å²) in [7, 11) is 0. The fraction of sp³-hybridized carbons (Fsp3) is 0.529. The summed E-state index contributed by atoms with van der Waals surface area (Å²) < 4.78 is 7.72. The number of imidazole rings is 1. The predicted molar refractivity (Wildman–Crippen MR) is 93.6 cm³/mol. The maximum Gasteiger partial charge on any atom is 0.242 e. The van der Waals surface area contributed by atoms with Gasteiger partial charge < -0.3 is 14.2 Å². The fourth-order valence-corrected chi connectivity index (χ4v) is 3.45. The third-order valence-corrected chi connectivity index (χ3v) is 4.79. The summed E-state index contributed by atoms with van der Waals surface area (Å²) in [5, 5.41) is 0. The number of carbonyl (C=O) groups excluding carboxylic acids is 1. The zero-order valence-corrected chi connectivity index (χ0v) is 14.5. The number of rotatable bonds is 5. The Balaban J connectivity index is 1.82. The number of amides is 1. The van der Waals surface area contributed by atoms with Crippen molar-refractivity contribution in [1.82, 2.24) is 14.5 Å². The van der Waals surface area contributed by atoms with E-state index in [1.165, 1.54) is 0 Å². The van der Waals surface area contributed by atoms with Gasteiger partial charge in [-0.25, -0.2) is 4.98 Å². The van der Waals surface area contributed by atoms with Crippen LogP contribution in [0.2, 0.25) is 0 Å². The van der Waals surface area contributed by atoms with Crippen molar-refractivity contribution in [3.05, 3.63) is 30.1 Å². The van der Waals surface area contributed by atoms with Crippen LogP contribution >= 0.6 is 11.8 Å². The summed E-state index contributed by atoms with van der Waals surface area (Å²) in [5.41, 5.74) is 1.99. The minimum absolute atomic E-state index is 0.150. The fourth-order valence-electron chi connectivity index (χ4n) is 2.97. The van der Waals surface area contributed by atoms with Crippen molar-refractivity contribution in [1.29, 1.82) is 0 Å². The van der Waals surface area contributed by atoms with Gasteiger partial charge in [0, 0.05) is 13.1 Å². The Kier molecular flexibility index (Phi) is 5.23. The monoisotopic (exact) mass is 333 g/mol. The first-order valence-electron chi connectivity index (χ1n) is 8.05. The lowest BCUT2D eigenvalue weighted by atomic mass is 10.2. The van der Waals surface area contributed by atoms with E-state index in [4.69, 9.17) is 4.74 Å². The average molecular weight is 333 g/mol. The van der Waals surface area contributed by atoms with Gasteiger partial charge in [-0.15, -0.1) is 0 Å². The minimum atomic E-state index is 0.150. The highest BCUT2D eigenvalue weighted by Gasteiger charge is 2.24. The van der Waals surface area contributed by atoms with Crippen LogP contribution in [-0.2, 0) is 21.8 Å². The number of hydrogen-bond acceptors (Lipinski definition) is 4. The number of aromatic nitrogens is 2. The molecule has 1 saturated heterocycles. The highest BCUT2D eigenvalue weighted by molar-refractivity contribution is 7.97. The van der Waals surface area contributed by atoms with E-state index in [1.807, 2.05) is 29.2 Å². The molecule has 1 aromatic heterocycles. The van der Waals surface area contributed by atoms with Gasteiger partial charge in [-0.2, -0.15) is 11.8 Å². The third kappa shape index (κ3) is 3.53. The summed E-state index contributed by atoms with van der Waals surface area (Å²) in [6.07, 6.45) is 3.16. The van der Waals surface area contributed by atoms with Gasteiger partial charge in [0.1, 0.15) is 12.4 Å². The molecule has 2 heterocycles. The van der Waals surface area contributed by atoms with Crippen molar-refractivity contribution >= 4 is 28.7 Å². The normalized spacial score (nSPS) is 18.5. The molecule has 1 aliphatic heterocycles. The molecule has 0 saturated carbocycles. The Morgan fingerprint density at radius 2 is 2.26 bits per heavy atom. The van der Waals surface area contributed by atoms with Crippen LogP contribution in [0.25, 0.3) is 11.0 Å². The number of para-hydroxylation sites is 2. The second-order valence-corrected chi connectivity index (χ2v) is 6.64. The number of carbonyl (C=O) groups is 1. The lowest BCUT2D eigenvalue weighted by Crippen LogP contribution is -2.46. The smallest absolute Gasteiger partial charge is 0.242 e. The quantitative estimate of drug-likeness (QED) is 0.844. The van der Waals surface area contributed by atoms with E-state index in [0.717, 1.165) is 29.0 Å². The van der Waals surface area contributed by atoms with Crippen molar-refractivity contribution < 1.29 is 9.53 Å².